The van der Waals surface area contributed by atoms with Crippen LogP contribution in [0, 0.1) is 0 Å². The first kappa shape index (κ1) is 21.8. The molecule has 2 amide bonds. The smallest absolute Gasteiger partial charge is 0.344 e. The van der Waals surface area contributed by atoms with Gasteiger partial charge in [0.15, 0.2) is 11.5 Å². The fraction of sp³-hybridized carbons (Fsp3) is 0.640. The number of para-hydroxylation sites is 1. The Balaban J connectivity index is 1.30. The summed E-state index contributed by atoms with van der Waals surface area (Å²) in [7, 11) is 0. The molecule has 0 spiro atoms. The normalized spacial score (nSPS) is 26.0. The average Bonchev–Trinajstić information content (AvgIpc) is 3.34. The minimum atomic E-state index is -1.07. The van der Waals surface area contributed by atoms with Gasteiger partial charge in [-0.1, -0.05) is 62.4 Å². The molecular formula is C25H32N2O4S. The van der Waals surface area contributed by atoms with Crippen molar-refractivity contribution >= 4 is 35.2 Å². The summed E-state index contributed by atoms with van der Waals surface area (Å²) in [4.78, 5) is 42.9. The highest BCUT2D eigenvalue weighted by Crippen LogP contribution is 2.56. The first-order valence-electron chi connectivity index (χ1n) is 12.2. The van der Waals surface area contributed by atoms with Gasteiger partial charge < -0.3 is 9.64 Å². The number of fused-ring (bicyclic) bond motifs is 3. The zero-order valence-corrected chi connectivity index (χ0v) is 19.4. The number of carbonyl (C=O) groups is 3. The molecule has 1 atom stereocenters. The van der Waals surface area contributed by atoms with Crippen LogP contribution < -0.4 is 4.90 Å². The molecule has 0 radical (unpaired) electrons. The van der Waals surface area contributed by atoms with E-state index in [2.05, 4.69) is 4.90 Å². The van der Waals surface area contributed by atoms with Gasteiger partial charge in [-0.25, -0.2) is 4.79 Å². The van der Waals surface area contributed by atoms with Gasteiger partial charge in [-0.2, -0.15) is 0 Å². The summed E-state index contributed by atoms with van der Waals surface area (Å²) in [6.45, 7) is -0.230. The van der Waals surface area contributed by atoms with Crippen molar-refractivity contribution in [3.8, 4) is 0 Å². The number of hydrogen-bond acceptors (Lipinski definition) is 5. The Labute approximate surface area is 194 Å². The van der Waals surface area contributed by atoms with E-state index >= 15 is 0 Å². The monoisotopic (exact) mass is 456 g/mol. The number of rotatable bonds is 5. The molecule has 2 saturated carbocycles. The summed E-state index contributed by atoms with van der Waals surface area (Å²) >= 11 is 1.39. The highest BCUT2D eigenvalue weighted by molar-refractivity contribution is 8.02. The van der Waals surface area contributed by atoms with Crippen LogP contribution in [0.1, 0.15) is 77.0 Å². The lowest BCUT2D eigenvalue weighted by Crippen LogP contribution is -2.52. The Hall–Kier alpha value is -2.02. The van der Waals surface area contributed by atoms with E-state index in [9.17, 15) is 14.4 Å². The van der Waals surface area contributed by atoms with Gasteiger partial charge >= 0.3 is 5.97 Å². The van der Waals surface area contributed by atoms with Crippen LogP contribution in [0.15, 0.2) is 29.2 Å². The number of carbonyl (C=O) groups excluding carboxylic acids is 3. The Morgan fingerprint density at radius 1 is 1.00 bits per heavy atom. The van der Waals surface area contributed by atoms with Crippen LogP contribution in [0.25, 0.3) is 0 Å². The van der Waals surface area contributed by atoms with E-state index in [1.165, 1.54) is 24.6 Å². The standard InChI is InChI=1S/C25H32N2O4S/c28-22-15-16-25(27(22)20-13-7-8-14-21(20)32-25)24(30)31-17-23(29)26(18-9-3-1-4-10-18)19-11-5-2-6-12-19/h7-8,13-14,18-19H,1-6,9-12,15-17H2/t25-/m0/s1. The molecule has 2 aliphatic heterocycles. The number of nitrogens with zero attached hydrogens (tertiary/aromatic N) is 2. The largest absolute Gasteiger partial charge is 0.453 e. The third-order valence-electron chi connectivity index (χ3n) is 7.54. The minimum Gasteiger partial charge on any atom is -0.453 e. The predicted octanol–water partition coefficient (Wildman–Crippen LogP) is 4.65. The highest BCUT2D eigenvalue weighted by atomic mass is 32.2. The van der Waals surface area contributed by atoms with E-state index in [1.807, 2.05) is 24.3 Å². The van der Waals surface area contributed by atoms with Crippen molar-refractivity contribution in [2.75, 3.05) is 11.5 Å². The third-order valence-corrected chi connectivity index (χ3v) is 9.00. The van der Waals surface area contributed by atoms with Gasteiger partial charge in [0.1, 0.15) is 0 Å². The van der Waals surface area contributed by atoms with E-state index < -0.39 is 10.8 Å². The van der Waals surface area contributed by atoms with E-state index in [4.69, 9.17) is 4.74 Å². The van der Waals surface area contributed by atoms with Crippen molar-refractivity contribution in [1.29, 1.82) is 0 Å². The van der Waals surface area contributed by atoms with Crippen LogP contribution >= 0.6 is 11.8 Å². The number of thioether (sulfide) groups is 1. The van der Waals surface area contributed by atoms with Gasteiger partial charge in [0, 0.05) is 29.8 Å². The molecule has 0 bridgehead atoms. The van der Waals surface area contributed by atoms with Gasteiger partial charge in [-0.3, -0.25) is 14.5 Å². The lowest BCUT2D eigenvalue weighted by atomic mass is 9.88. The Kier molecular flexibility index (Phi) is 6.19. The topological polar surface area (TPSA) is 66.9 Å². The molecule has 0 aromatic heterocycles. The summed E-state index contributed by atoms with van der Waals surface area (Å²) in [6, 6.07) is 8.13. The van der Waals surface area contributed by atoms with Gasteiger partial charge in [-0.15, -0.1) is 0 Å². The molecular weight excluding hydrogens is 424 g/mol. The maximum atomic E-state index is 13.4. The number of anilines is 1. The molecule has 7 heteroatoms. The van der Waals surface area contributed by atoms with Crippen LogP contribution in [0.5, 0.6) is 0 Å². The fourth-order valence-electron chi connectivity index (χ4n) is 6.01. The van der Waals surface area contributed by atoms with E-state index in [-0.39, 0.29) is 30.5 Å². The van der Waals surface area contributed by atoms with Crippen LogP contribution in [0.4, 0.5) is 5.69 Å². The molecule has 4 aliphatic rings. The number of esters is 1. The van der Waals surface area contributed by atoms with Crippen LogP contribution in [0.3, 0.4) is 0 Å². The Morgan fingerprint density at radius 2 is 1.62 bits per heavy atom. The molecule has 6 nitrogen and oxygen atoms in total. The molecule has 5 rings (SSSR count). The lowest BCUT2D eigenvalue weighted by molar-refractivity contribution is -0.156. The first-order chi connectivity index (χ1) is 15.6. The minimum absolute atomic E-state index is 0.0586. The van der Waals surface area contributed by atoms with Crippen molar-refractivity contribution < 1.29 is 19.1 Å². The fourth-order valence-corrected chi connectivity index (χ4v) is 7.42. The second kappa shape index (κ2) is 9.08. The second-order valence-electron chi connectivity index (χ2n) is 9.54. The number of ether oxygens (including phenoxy) is 1. The van der Waals surface area contributed by atoms with Gasteiger partial charge in [-0.05, 0) is 37.8 Å². The van der Waals surface area contributed by atoms with Crippen molar-refractivity contribution in [1.82, 2.24) is 4.90 Å². The highest BCUT2D eigenvalue weighted by Gasteiger charge is 2.58. The van der Waals surface area contributed by atoms with E-state index in [0.29, 0.717) is 12.8 Å². The zero-order chi connectivity index (χ0) is 22.1. The van der Waals surface area contributed by atoms with Gasteiger partial charge in [0.05, 0.1) is 5.69 Å². The summed E-state index contributed by atoms with van der Waals surface area (Å²) in [5, 5.41) is 0. The first-order valence-corrected chi connectivity index (χ1v) is 13.0. The molecule has 172 valence electrons. The van der Waals surface area contributed by atoms with Crippen molar-refractivity contribution in [3.05, 3.63) is 24.3 Å². The maximum Gasteiger partial charge on any atom is 0.344 e. The molecule has 0 unspecified atom stereocenters. The Morgan fingerprint density at radius 3 is 2.28 bits per heavy atom. The lowest BCUT2D eigenvalue weighted by Gasteiger charge is -2.41. The van der Waals surface area contributed by atoms with Gasteiger partial charge in [0.25, 0.3) is 5.91 Å². The zero-order valence-electron chi connectivity index (χ0n) is 18.6. The molecule has 1 saturated heterocycles. The molecule has 3 fully saturated rings. The third kappa shape index (κ3) is 3.82. The van der Waals surface area contributed by atoms with Crippen molar-refractivity contribution in [3.63, 3.8) is 0 Å². The van der Waals surface area contributed by atoms with Crippen molar-refractivity contribution in [2.24, 2.45) is 0 Å². The predicted molar refractivity (Wildman–Crippen MR) is 123 cm³/mol. The van der Waals surface area contributed by atoms with Crippen LogP contribution in [-0.2, 0) is 19.1 Å². The molecule has 2 aliphatic carbocycles. The molecule has 1 aromatic rings. The number of benzene rings is 1. The summed E-state index contributed by atoms with van der Waals surface area (Å²) < 4.78 is 5.69. The maximum absolute atomic E-state index is 13.4. The number of amides is 2. The number of hydrogen-bond donors (Lipinski definition) is 0. The van der Waals surface area contributed by atoms with E-state index in [1.54, 1.807) is 4.90 Å². The molecule has 32 heavy (non-hydrogen) atoms. The SMILES string of the molecule is O=C(COC(=O)[C@@]12CCC(=O)N1c1ccccc1S2)N(C1CCCCC1)C1CCCCC1. The molecule has 1 aromatic carbocycles. The van der Waals surface area contributed by atoms with Crippen molar-refractivity contribution in [2.45, 2.75) is 98.9 Å². The molecule has 2 heterocycles. The summed E-state index contributed by atoms with van der Waals surface area (Å²) in [5.41, 5.74) is 0.773. The average molecular weight is 457 g/mol. The molecule has 0 N–H and O–H groups in total. The summed E-state index contributed by atoms with van der Waals surface area (Å²) in [5.74, 6) is -0.591. The summed E-state index contributed by atoms with van der Waals surface area (Å²) in [6.07, 6.45) is 12.1. The Bertz CT molecular complexity index is 876. The quantitative estimate of drug-likeness (QED) is 0.603. The van der Waals surface area contributed by atoms with Crippen LogP contribution in [-0.4, -0.2) is 46.2 Å². The van der Waals surface area contributed by atoms with Gasteiger partial charge in [0.2, 0.25) is 5.91 Å². The van der Waals surface area contributed by atoms with Crippen LogP contribution in [0.2, 0.25) is 0 Å². The van der Waals surface area contributed by atoms with E-state index in [0.717, 1.165) is 61.9 Å². The second-order valence-corrected chi connectivity index (χ2v) is 10.9.